The van der Waals surface area contributed by atoms with Gasteiger partial charge in [-0.2, -0.15) is 0 Å². The van der Waals surface area contributed by atoms with Gasteiger partial charge in [0.15, 0.2) is 0 Å². The number of nitrogens with one attached hydrogen (secondary N) is 1. The molecule has 0 spiro atoms. The SMILES string of the molecule is CCCCNC(=O)C(CC)N(Cc1ccc(Cl)cc1)C(=O)CCCN(c1ccccc1C)S(C)(=O)=O. The van der Waals surface area contributed by atoms with Crippen LogP contribution >= 0.6 is 11.6 Å². The number of benzene rings is 2. The van der Waals surface area contributed by atoms with Gasteiger partial charge < -0.3 is 10.2 Å². The van der Waals surface area contributed by atoms with E-state index in [0.29, 0.717) is 30.1 Å². The molecule has 0 heterocycles. The smallest absolute Gasteiger partial charge is 0.242 e. The van der Waals surface area contributed by atoms with E-state index in [1.54, 1.807) is 29.2 Å². The molecule has 0 radical (unpaired) electrons. The summed E-state index contributed by atoms with van der Waals surface area (Å²) in [6.07, 6.45) is 3.91. The first-order valence-electron chi connectivity index (χ1n) is 12.4. The van der Waals surface area contributed by atoms with Crippen molar-refractivity contribution in [3.8, 4) is 0 Å². The Bertz CT molecular complexity index is 1110. The summed E-state index contributed by atoms with van der Waals surface area (Å²) in [5.74, 6) is -0.369. The molecular formula is C27H38ClN3O4S. The summed E-state index contributed by atoms with van der Waals surface area (Å²) < 4.78 is 26.3. The fourth-order valence-corrected chi connectivity index (χ4v) is 5.19. The van der Waals surface area contributed by atoms with Crippen molar-refractivity contribution in [2.24, 2.45) is 0 Å². The van der Waals surface area contributed by atoms with E-state index in [4.69, 9.17) is 11.6 Å². The lowest BCUT2D eigenvalue weighted by atomic mass is 10.1. The van der Waals surface area contributed by atoms with Crippen LogP contribution in [0.25, 0.3) is 0 Å². The Hall–Kier alpha value is -2.58. The van der Waals surface area contributed by atoms with Gasteiger partial charge in [-0.15, -0.1) is 0 Å². The zero-order valence-corrected chi connectivity index (χ0v) is 23.2. The van der Waals surface area contributed by atoms with Crippen molar-refractivity contribution in [1.82, 2.24) is 10.2 Å². The molecule has 7 nitrogen and oxygen atoms in total. The molecule has 0 aromatic heterocycles. The van der Waals surface area contributed by atoms with Gasteiger partial charge >= 0.3 is 0 Å². The minimum absolute atomic E-state index is 0.115. The van der Waals surface area contributed by atoms with Crippen molar-refractivity contribution in [2.45, 2.75) is 65.5 Å². The van der Waals surface area contributed by atoms with Crippen molar-refractivity contribution in [3.63, 3.8) is 0 Å². The lowest BCUT2D eigenvalue weighted by molar-refractivity contribution is -0.141. The highest BCUT2D eigenvalue weighted by Crippen LogP contribution is 2.23. The summed E-state index contributed by atoms with van der Waals surface area (Å²) in [5.41, 5.74) is 2.31. The van der Waals surface area contributed by atoms with E-state index in [2.05, 4.69) is 12.2 Å². The number of carbonyl (C=O) groups is 2. The zero-order valence-electron chi connectivity index (χ0n) is 21.7. The maximum absolute atomic E-state index is 13.4. The van der Waals surface area contributed by atoms with Crippen molar-refractivity contribution in [3.05, 3.63) is 64.7 Å². The highest BCUT2D eigenvalue weighted by molar-refractivity contribution is 7.92. The summed E-state index contributed by atoms with van der Waals surface area (Å²) in [5, 5.41) is 3.54. The Kier molecular flexibility index (Phi) is 11.7. The highest BCUT2D eigenvalue weighted by atomic mass is 35.5. The fraction of sp³-hybridized carbons (Fsp3) is 0.481. The van der Waals surface area contributed by atoms with Crippen LogP contribution in [-0.4, -0.2) is 50.5 Å². The molecule has 1 unspecified atom stereocenters. The summed E-state index contributed by atoms with van der Waals surface area (Å²) in [7, 11) is -3.53. The van der Waals surface area contributed by atoms with Gasteiger partial charge in [-0.1, -0.05) is 62.2 Å². The standard InChI is InChI=1S/C27H38ClN3O4S/c1-5-7-18-29-27(33)24(6-2)30(20-22-14-16-23(28)17-15-22)26(32)13-10-19-31(36(4,34)35)25-12-9-8-11-21(25)3/h8-9,11-12,14-17,24H,5-7,10,13,18-20H2,1-4H3,(H,29,33). The van der Waals surface area contributed by atoms with Crippen LogP contribution in [0.2, 0.25) is 5.02 Å². The minimum Gasteiger partial charge on any atom is -0.354 e. The zero-order chi connectivity index (χ0) is 26.7. The van der Waals surface area contributed by atoms with Gasteiger partial charge in [-0.05, 0) is 55.5 Å². The van der Waals surface area contributed by atoms with Crippen LogP contribution in [-0.2, 0) is 26.2 Å². The van der Waals surface area contributed by atoms with E-state index >= 15 is 0 Å². The average molecular weight is 536 g/mol. The second-order valence-electron chi connectivity index (χ2n) is 8.94. The molecule has 0 saturated carbocycles. The van der Waals surface area contributed by atoms with E-state index in [1.165, 1.54) is 10.6 Å². The predicted molar refractivity (Wildman–Crippen MR) is 147 cm³/mol. The molecule has 198 valence electrons. The van der Waals surface area contributed by atoms with Gasteiger partial charge in [-0.25, -0.2) is 8.42 Å². The maximum atomic E-state index is 13.4. The fourth-order valence-electron chi connectivity index (χ4n) is 4.04. The van der Waals surface area contributed by atoms with Crippen molar-refractivity contribution in [2.75, 3.05) is 23.7 Å². The molecule has 0 saturated heterocycles. The highest BCUT2D eigenvalue weighted by Gasteiger charge is 2.28. The minimum atomic E-state index is -3.53. The number of hydrogen-bond acceptors (Lipinski definition) is 4. The number of hydrogen-bond donors (Lipinski definition) is 1. The topological polar surface area (TPSA) is 86.8 Å². The number of aryl methyl sites for hydroxylation is 1. The van der Waals surface area contributed by atoms with Crippen LogP contribution in [0.3, 0.4) is 0 Å². The number of anilines is 1. The summed E-state index contributed by atoms with van der Waals surface area (Å²) >= 11 is 6.02. The number of halogens is 1. The lowest BCUT2D eigenvalue weighted by Gasteiger charge is -2.31. The van der Waals surface area contributed by atoms with E-state index in [1.807, 2.05) is 38.1 Å². The third kappa shape index (κ3) is 8.82. The Morgan fingerprint density at radius 3 is 2.28 bits per heavy atom. The molecule has 9 heteroatoms. The summed E-state index contributed by atoms with van der Waals surface area (Å²) in [4.78, 5) is 28.0. The Balaban J connectivity index is 2.20. The Labute approximate surface area is 220 Å². The van der Waals surface area contributed by atoms with Crippen LogP contribution in [0.5, 0.6) is 0 Å². The van der Waals surface area contributed by atoms with Gasteiger partial charge in [0.1, 0.15) is 6.04 Å². The van der Waals surface area contributed by atoms with Gasteiger partial charge in [0.05, 0.1) is 11.9 Å². The molecule has 0 aliphatic carbocycles. The van der Waals surface area contributed by atoms with Crippen molar-refractivity contribution < 1.29 is 18.0 Å². The molecule has 0 aliphatic rings. The number of amides is 2. The molecule has 2 aromatic rings. The molecule has 1 atom stereocenters. The molecule has 0 bridgehead atoms. The monoisotopic (exact) mass is 535 g/mol. The molecule has 2 rings (SSSR count). The maximum Gasteiger partial charge on any atom is 0.242 e. The molecule has 36 heavy (non-hydrogen) atoms. The van der Waals surface area contributed by atoms with E-state index in [-0.39, 0.29) is 31.3 Å². The number of rotatable bonds is 14. The first kappa shape index (κ1) is 29.6. The van der Waals surface area contributed by atoms with E-state index < -0.39 is 16.1 Å². The molecule has 0 aliphatic heterocycles. The molecule has 0 fully saturated rings. The second-order valence-corrected chi connectivity index (χ2v) is 11.3. The van der Waals surface area contributed by atoms with E-state index in [9.17, 15) is 18.0 Å². The first-order chi connectivity index (χ1) is 17.1. The first-order valence-corrected chi connectivity index (χ1v) is 14.7. The Morgan fingerprint density at radius 2 is 1.69 bits per heavy atom. The number of unbranched alkanes of at least 4 members (excludes halogenated alkanes) is 1. The quantitative estimate of drug-likeness (QED) is 0.348. The van der Waals surface area contributed by atoms with Gasteiger partial charge in [0.25, 0.3) is 0 Å². The molecule has 2 aromatic carbocycles. The van der Waals surface area contributed by atoms with Gasteiger partial charge in [0, 0.05) is 31.1 Å². The molecular weight excluding hydrogens is 498 g/mol. The van der Waals surface area contributed by atoms with Crippen LogP contribution in [0.4, 0.5) is 5.69 Å². The Morgan fingerprint density at radius 1 is 1.03 bits per heavy atom. The van der Waals surface area contributed by atoms with Crippen LogP contribution < -0.4 is 9.62 Å². The van der Waals surface area contributed by atoms with E-state index in [0.717, 1.165) is 24.0 Å². The summed E-state index contributed by atoms with van der Waals surface area (Å²) in [6, 6.07) is 13.8. The lowest BCUT2D eigenvalue weighted by Crippen LogP contribution is -2.49. The van der Waals surface area contributed by atoms with Crippen molar-refractivity contribution >= 4 is 39.1 Å². The molecule has 2 amide bonds. The van der Waals surface area contributed by atoms with Crippen LogP contribution in [0.1, 0.15) is 57.1 Å². The van der Waals surface area contributed by atoms with Gasteiger partial charge in [0.2, 0.25) is 21.8 Å². The third-order valence-corrected chi connectivity index (χ3v) is 7.45. The molecule has 1 N–H and O–H groups in total. The largest absolute Gasteiger partial charge is 0.354 e. The predicted octanol–water partition coefficient (Wildman–Crippen LogP) is 4.92. The van der Waals surface area contributed by atoms with Crippen LogP contribution in [0, 0.1) is 6.92 Å². The van der Waals surface area contributed by atoms with Gasteiger partial charge in [-0.3, -0.25) is 13.9 Å². The second kappa shape index (κ2) is 14.2. The third-order valence-electron chi connectivity index (χ3n) is 6.02. The van der Waals surface area contributed by atoms with Crippen molar-refractivity contribution in [1.29, 1.82) is 0 Å². The number of sulfonamides is 1. The normalized spacial score (nSPS) is 12.1. The number of nitrogens with zero attached hydrogens (tertiary/aromatic N) is 2. The number of para-hydroxylation sites is 1. The average Bonchev–Trinajstić information content (AvgIpc) is 2.83. The summed E-state index contributed by atoms with van der Waals surface area (Å²) in [6.45, 7) is 6.80. The van der Waals surface area contributed by atoms with Crippen LogP contribution in [0.15, 0.2) is 48.5 Å². The number of carbonyl (C=O) groups excluding carboxylic acids is 2.